The maximum atomic E-state index is 13.0. The van der Waals surface area contributed by atoms with Gasteiger partial charge in [-0.15, -0.1) is 6.58 Å². The third-order valence-electron chi connectivity index (χ3n) is 4.36. The Morgan fingerprint density at radius 1 is 0.935 bits per heavy atom. The van der Waals surface area contributed by atoms with Crippen molar-refractivity contribution in [3.05, 3.63) is 109 Å². The van der Waals surface area contributed by atoms with Gasteiger partial charge in [0.2, 0.25) is 16.1 Å². The van der Waals surface area contributed by atoms with E-state index in [1.165, 1.54) is 6.08 Å². The molecule has 3 rings (SSSR count). The van der Waals surface area contributed by atoms with Crippen molar-refractivity contribution in [1.82, 2.24) is 4.72 Å². The Hall–Kier alpha value is -3.42. The van der Waals surface area contributed by atoms with Crippen LogP contribution in [0.2, 0.25) is 0 Å². The first kappa shape index (κ1) is 22.3. The minimum atomic E-state index is -3.45. The molecule has 0 fully saturated rings. The fraction of sp³-hybridized carbons (Fsp3) is 0.125. The predicted octanol–water partition coefficient (Wildman–Crippen LogP) is 4.05. The first-order valence-electron chi connectivity index (χ1n) is 9.71. The van der Waals surface area contributed by atoms with Crippen molar-refractivity contribution >= 4 is 21.6 Å². The third-order valence-corrected chi connectivity index (χ3v) is 5.68. The van der Waals surface area contributed by atoms with Gasteiger partial charge in [0.1, 0.15) is 5.75 Å². The fourth-order valence-electron chi connectivity index (χ4n) is 2.88. The number of carbonyl (C=O) groups is 1. The number of sulfonamides is 1. The molecule has 0 aliphatic carbocycles. The number of ether oxygens (including phenoxy) is 1. The number of nitrogens with one attached hydrogen (secondary N) is 2. The molecule has 0 saturated heterocycles. The lowest BCUT2D eigenvalue weighted by molar-refractivity contribution is -0.123. The quantitative estimate of drug-likeness (QED) is 0.470. The molecule has 0 radical (unpaired) electrons. The molecule has 0 saturated carbocycles. The number of anilines is 1. The molecule has 0 aliphatic rings. The average Bonchev–Trinajstić information content (AvgIpc) is 2.78. The second-order valence-electron chi connectivity index (χ2n) is 6.80. The van der Waals surface area contributed by atoms with Gasteiger partial charge in [-0.3, -0.25) is 4.79 Å². The number of carbonyl (C=O) groups excluding carboxylic acids is 1. The van der Waals surface area contributed by atoms with Gasteiger partial charge in [-0.25, -0.2) is 13.1 Å². The van der Waals surface area contributed by atoms with Gasteiger partial charge in [0, 0.05) is 17.8 Å². The molecule has 0 heterocycles. The van der Waals surface area contributed by atoms with E-state index in [9.17, 15) is 13.2 Å². The van der Waals surface area contributed by atoms with Gasteiger partial charge in [0.15, 0.2) is 0 Å². The third kappa shape index (κ3) is 6.80. The number of hydrogen-bond acceptors (Lipinski definition) is 4. The highest BCUT2D eigenvalue weighted by molar-refractivity contribution is 7.88. The molecular weight excluding hydrogens is 412 g/mol. The highest BCUT2D eigenvalue weighted by Gasteiger charge is 2.23. The van der Waals surface area contributed by atoms with Crippen LogP contribution in [0.3, 0.4) is 0 Å². The maximum Gasteiger partial charge on any atom is 0.270 e. The molecule has 0 aromatic heterocycles. The summed E-state index contributed by atoms with van der Waals surface area (Å²) in [5, 5.41) is 2.84. The summed E-state index contributed by atoms with van der Waals surface area (Å²) in [6.45, 7) is 3.67. The van der Waals surface area contributed by atoms with Crippen LogP contribution in [0.15, 0.2) is 97.6 Å². The Morgan fingerprint density at radius 3 is 2.16 bits per heavy atom. The Balaban J connectivity index is 1.72. The van der Waals surface area contributed by atoms with Gasteiger partial charge in [-0.05, 0) is 29.8 Å². The summed E-state index contributed by atoms with van der Waals surface area (Å²) in [4.78, 5) is 13.0. The minimum Gasteiger partial charge on any atom is -0.476 e. The van der Waals surface area contributed by atoms with Gasteiger partial charge in [0.05, 0.1) is 5.75 Å². The lowest BCUT2D eigenvalue weighted by Gasteiger charge is -2.19. The van der Waals surface area contributed by atoms with Crippen LogP contribution in [0, 0.1) is 0 Å². The van der Waals surface area contributed by atoms with Crippen LogP contribution in [0.25, 0.3) is 0 Å². The van der Waals surface area contributed by atoms with Crippen LogP contribution in [0.1, 0.15) is 17.2 Å². The first-order valence-corrected chi connectivity index (χ1v) is 11.4. The lowest BCUT2D eigenvalue weighted by Crippen LogP contribution is -2.26. The molecule has 6 nitrogen and oxygen atoms in total. The molecule has 31 heavy (non-hydrogen) atoms. The zero-order chi connectivity index (χ0) is 22.1. The van der Waals surface area contributed by atoms with Crippen LogP contribution >= 0.6 is 0 Å². The topological polar surface area (TPSA) is 84.5 Å². The van der Waals surface area contributed by atoms with Gasteiger partial charge < -0.3 is 10.1 Å². The highest BCUT2D eigenvalue weighted by Crippen LogP contribution is 2.24. The average molecular weight is 437 g/mol. The normalized spacial score (nSPS) is 12.0. The van der Waals surface area contributed by atoms with Gasteiger partial charge in [-0.1, -0.05) is 66.7 Å². The minimum absolute atomic E-state index is 0.154. The maximum absolute atomic E-state index is 13.0. The molecule has 1 unspecified atom stereocenters. The van der Waals surface area contributed by atoms with E-state index in [1.807, 2.05) is 48.5 Å². The molecule has 3 aromatic carbocycles. The number of rotatable bonds is 10. The van der Waals surface area contributed by atoms with E-state index in [4.69, 9.17) is 4.74 Å². The summed E-state index contributed by atoms with van der Waals surface area (Å²) in [5.41, 5.74) is 1.87. The summed E-state index contributed by atoms with van der Waals surface area (Å²) in [6.07, 6.45) is 0.642. The van der Waals surface area contributed by atoms with Crippen LogP contribution < -0.4 is 14.8 Å². The van der Waals surface area contributed by atoms with Crippen molar-refractivity contribution in [2.24, 2.45) is 0 Å². The summed E-state index contributed by atoms with van der Waals surface area (Å²) in [5.74, 6) is 0.0981. The second-order valence-corrected chi connectivity index (χ2v) is 8.61. The molecule has 0 spiro atoms. The fourth-order valence-corrected chi connectivity index (χ4v) is 3.99. The van der Waals surface area contributed by atoms with Crippen molar-refractivity contribution in [3.63, 3.8) is 0 Å². The Labute approximate surface area is 182 Å². The highest BCUT2D eigenvalue weighted by atomic mass is 32.2. The molecule has 1 atom stereocenters. The van der Waals surface area contributed by atoms with Crippen LogP contribution in [0.5, 0.6) is 5.75 Å². The Morgan fingerprint density at radius 2 is 1.55 bits per heavy atom. The van der Waals surface area contributed by atoms with Crippen LogP contribution in [0.4, 0.5) is 5.69 Å². The van der Waals surface area contributed by atoms with Crippen LogP contribution in [-0.4, -0.2) is 20.9 Å². The Bertz CT molecular complexity index is 1100. The molecule has 7 heteroatoms. The molecule has 2 N–H and O–H groups in total. The first-order chi connectivity index (χ1) is 15.0. The van der Waals surface area contributed by atoms with E-state index >= 15 is 0 Å². The van der Waals surface area contributed by atoms with E-state index in [-0.39, 0.29) is 18.2 Å². The monoisotopic (exact) mass is 436 g/mol. The van der Waals surface area contributed by atoms with Crippen molar-refractivity contribution in [2.75, 3.05) is 11.9 Å². The zero-order valence-corrected chi connectivity index (χ0v) is 17.7. The molecular formula is C24H24N2O4S. The predicted molar refractivity (Wildman–Crippen MR) is 122 cm³/mol. The van der Waals surface area contributed by atoms with Crippen molar-refractivity contribution < 1.29 is 17.9 Å². The van der Waals surface area contributed by atoms with Crippen molar-refractivity contribution in [2.45, 2.75) is 11.9 Å². The van der Waals surface area contributed by atoms with Gasteiger partial charge >= 0.3 is 0 Å². The van der Waals surface area contributed by atoms with Crippen LogP contribution in [-0.2, 0) is 20.6 Å². The van der Waals surface area contributed by atoms with E-state index in [2.05, 4.69) is 16.6 Å². The summed E-state index contributed by atoms with van der Waals surface area (Å²) in [6, 6.07) is 25.0. The van der Waals surface area contributed by atoms with Gasteiger partial charge in [0.25, 0.3) is 5.91 Å². The van der Waals surface area contributed by atoms with E-state index in [0.717, 1.165) is 5.56 Å². The SMILES string of the molecule is C=CCNS(=O)(=O)Cc1ccc(NC(=O)C(Oc2ccccc2)c2ccccc2)cc1. The smallest absolute Gasteiger partial charge is 0.270 e. The lowest BCUT2D eigenvalue weighted by atomic mass is 10.1. The zero-order valence-electron chi connectivity index (χ0n) is 16.9. The van der Waals surface area contributed by atoms with Crippen molar-refractivity contribution in [1.29, 1.82) is 0 Å². The summed E-state index contributed by atoms with van der Waals surface area (Å²) >= 11 is 0. The Kier molecular flexibility index (Phi) is 7.59. The van der Waals surface area contributed by atoms with E-state index in [1.54, 1.807) is 36.4 Å². The number of amides is 1. The largest absolute Gasteiger partial charge is 0.476 e. The summed E-state index contributed by atoms with van der Waals surface area (Å²) < 4.78 is 32.4. The molecule has 0 aliphatic heterocycles. The number of para-hydroxylation sites is 1. The van der Waals surface area contributed by atoms with Crippen molar-refractivity contribution in [3.8, 4) is 5.75 Å². The standard InChI is InChI=1S/C24H24N2O4S/c1-2-17-25-31(28,29)18-19-13-15-21(16-14-19)26-24(27)23(20-9-5-3-6-10-20)30-22-11-7-4-8-12-22/h2-16,23,25H,1,17-18H2,(H,26,27). The molecule has 160 valence electrons. The number of hydrogen-bond donors (Lipinski definition) is 2. The molecule has 0 bridgehead atoms. The number of benzene rings is 3. The second kappa shape index (κ2) is 10.6. The van der Waals surface area contributed by atoms with E-state index < -0.39 is 16.1 Å². The summed E-state index contributed by atoms with van der Waals surface area (Å²) in [7, 11) is -3.45. The molecule has 3 aromatic rings. The molecule has 1 amide bonds. The van der Waals surface area contributed by atoms with Gasteiger partial charge in [-0.2, -0.15) is 0 Å². The van der Waals surface area contributed by atoms with E-state index in [0.29, 0.717) is 17.0 Å².